The highest BCUT2D eigenvalue weighted by atomic mass is 16.5. The first-order valence-corrected chi connectivity index (χ1v) is 13.7. The van der Waals surface area contributed by atoms with Crippen molar-refractivity contribution in [2.75, 3.05) is 57.3 Å². The number of aromatic nitrogens is 4. The van der Waals surface area contributed by atoms with Crippen LogP contribution in [0.1, 0.15) is 36.5 Å². The molecule has 0 unspecified atom stereocenters. The monoisotopic (exact) mass is 532 g/mol. The molecule has 4 heterocycles. The van der Waals surface area contributed by atoms with E-state index in [0.29, 0.717) is 41.5 Å². The number of hydrogen-bond donors (Lipinski definition) is 2. The Morgan fingerprint density at radius 3 is 2.64 bits per heavy atom. The predicted molar refractivity (Wildman–Crippen MR) is 150 cm³/mol. The fourth-order valence-electron chi connectivity index (χ4n) is 5.08. The largest absolute Gasteiger partial charge is 0.425 e. The molecule has 11 heteroatoms. The zero-order valence-corrected chi connectivity index (χ0v) is 22.7. The molecule has 0 saturated carbocycles. The molecule has 2 fully saturated rings. The number of anilines is 1. The van der Waals surface area contributed by atoms with Gasteiger partial charge in [0.15, 0.2) is 11.2 Å². The van der Waals surface area contributed by atoms with E-state index in [0.717, 1.165) is 45.8 Å². The van der Waals surface area contributed by atoms with E-state index in [2.05, 4.69) is 37.3 Å². The molecule has 2 aromatic heterocycles. The normalized spacial score (nSPS) is 16.1. The third-order valence-electron chi connectivity index (χ3n) is 7.23. The summed E-state index contributed by atoms with van der Waals surface area (Å²) >= 11 is 0. The van der Waals surface area contributed by atoms with Crippen molar-refractivity contribution in [1.29, 1.82) is 0 Å². The zero-order chi connectivity index (χ0) is 27.2. The van der Waals surface area contributed by atoms with Crippen LogP contribution in [0.5, 0.6) is 11.8 Å². The average Bonchev–Trinajstić information content (AvgIpc) is 3.34. The van der Waals surface area contributed by atoms with E-state index in [1.807, 2.05) is 4.57 Å². The van der Waals surface area contributed by atoms with E-state index >= 15 is 0 Å². The number of benzene rings is 1. The van der Waals surface area contributed by atoms with Gasteiger partial charge in [0.2, 0.25) is 5.95 Å². The zero-order valence-electron chi connectivity index (χ0n) is 22.7. The van der Waals surface area contributed by atoms with Crippen molar-refractivity contribution in [1.82, 2.24) is 34.6 Å². The minimum atomic E-state index is -0.287. The number of hydrogen-bond acceptors (Lipinski definition) is 8. The summed E-state index contributed by atoms with van der Waals surface area (Å²) in [5.74, 6) is 6.73. The van der Waals surface area contributed by atoms with E-state index in [9.17, 15) is 9.59 Å². The molecule has 1 amide bonds. The summed E-state index contributed by atoms with van der Waals surface area (Å²) in [6.07, 6.45) is 3.70. The number of para-hydroxylation sites is 1. The fourth-order valence-corrected chi connectivity index (χ4v) is 5.08. The second-order valence-electron chi connectivity index (χ2n) is 9.85. The number of piperazine rings is 1. The fraction of sp³-hybridized carbons (Fsp3) is 0.500. The lowest BCUT2D eigenvalue weighted by Crippen LogP contribution is -2.44. The van der Waals surface area contributed by atoms with E-state index in [1.165, 1.54) is 23.8 Å². The van der Waals surface area contributed by atoms with Gasteiger partial charge in [-0.15, -0.1) is 5.92 Å². The maximum Gasteiger partial charge on any atom is 0.306 e. The second kappa shape index (κ2) is 12.3. The molecule has 0 bridgehead atoms. The van der Waals surface area contributed by atoms with Gasteiger partial charge in [0.1, 0.15) is 5.75 Å². The van der Waals surface area contributed by atoms with Crippen LogP contribution in [0.25, 0.3) is 11.2 Å². The number of piperidine rings is 1. The van der Waals surface area contributed by atoms with Gasteiger partial charge in [-0.2, -0.15) is 9.97 Å². The van der Waals surface area contributed by atoms with Gasteiger partial charge in [0.25, 0.3) is 11.5 Å². The van der Waals surface area contributed by atoms with Gasteiger partial charge in [-0.25, -0.2) is 0 Å². The van der Waals surface area contributed by atoms with Gasteiger partial charge < -0.3 is 25.2 Å². The minimum absolute atomic E-state index is 0.0687. The van der Waals surface area contributed by atoms with Gasteiger partial charge >= 0.3 is 6.01 Å². The van der Waals surface area contributed by atoms with Gasteiger partial charge in [0.05, 0.1) is 12.1 Å². The first kappa shape index (κ1) is 26.7. The number of nitrogens with zero attached hydrogens (tertiary/aromatic N) is 6. The van der Waals surface area contributed by atoms with E-state index in [1.54, 1.807) is 38.2 Å². The highest BCUT2D eigenvalue weighted by Crippen LogP contribution is 2.26. The third kappa shape index (κ3) is 5.92. The Bertz CT molecular complexity index is 1440. The number of rotatable bonds is 8. The molecule has 0 radical (unpaired) electrons. The van der Waals surface area contributed by atoms with E-state index in [-0.39, 0.29) is 17.5 Å². The van der Waals surface area contributed by atoms with Crippen LogP contribution in [0.3, 0.4) is 0 Å². The standard InChI is InChI=1S/C28H36N8O3/c1-3-4-17-36-23-24(31-27(36)35-19-12-29-13-20-35)32-28(33(2)26(23)38)39-22-11-7-6-10-21(22)25(37)30-14-18-34-15-8-5-9-16-34/h6-7,10-11,29H,5,8-9,12-20H2,1-2H3,(H,30,37). The van der Waals surface area contributed by atoms with Crippen LogP contribution in [0.4, 0.5) is 5.95 Å². The van der Waals surface area contributed by atoms with Crippen LogP contribution in [0.15, 0.2) is 29.1 Å². The number of nitrogens with one attached hydrogen (secondary N) is 2. The van der Waals surface area contributed by atoms with Crippen molar-refractivity contribution in [3.8, 4) is 23.6 Å². The summed E-state index contributed by atoms with van der Waals surface area (Å²) in [5, 5.41) is 6.34. The first-order chi connectivity index (χ1) is 19.1. The van der Waals surface area contributed by atoms with Crippen molar-refractivity contribution >= 4 is 23.0 Å². The number of carbonyl (C=O) groups is 1. The molecular weight excluding hydrogens is 496 g/mol. The van der Waals surface area contributed by atoms with Crippen molar-refractivity contribution in [2.45, 2.75) is 32.7 Å². The van der Waals surface area contributed by atoms with Gasteiger partial charge in [-0.1, -0.05) is 24.5 Å². The molecule has 206 valence electrons. The van der Waals surface area contributed by atoms with Crippen LogP contribution >= 0.6 is 0 Å². The quantitative estimate of drug-likeness (QED) is 0.421. The van der Waals surface area contributed by atoms with Crippen molar-refractivity contribution in [2.24, 2.45) is 7.05 Å². The first-order valence-electron chi connectivity index (χ1n) is 13.7. The van der Waals surface area contributed by atoms with Gasteiger partial charge in [-0.05, 0) is 45.0 Å². The molecule has 5 rings (SSSR count). The van der Waals surface area contributed by atoms with Crippen LogP contribution in [-0.2, 0) is 13.6 Å². The molecule has 2 saturated heterocycles. The van der Waals surface area contributed by atoms with E-state index in [4.69, 9.17) is 9.72 Å². The maximum atomic E-state index is 13.5. The van der Waals surface area contributed by atoms with E-state index < -0.39 is 0 Å². The Labute approximate surface area is 228 Å². The lowest BCUT2D eigenvalue weighted by Gasteiger charge is -2.28. The van der Waals surface area contributed by atoms with Crippen molar-refractivity contribution in [3.63, 3.8) is 0 Å². The molecule has 11 nitrogen and oxygen atoms in total. The Kier molecular flexibility index (Phi) is 8.44. The molecule has 1 aromatic carbocycles. The highest BCUT2D eigenvalue weighted by Gasteiger charge is 2.24. The highest BCUT2D eigenvalue weighted by molar-refractivity contribution is 5.97. The number of ether oxygens (including phenoxy) is 1. The summed E-state index contributed by atoms with van der Waals surface area (Å²) in [7, 11) is 1.61. The number of fused-ring (bicyclic) bond motifs is 1. The third-order valence-corrected chi connectivity index (χ3v) is 7.23. The van der Waals surface area contributed by atoms with Crippen LogP contribution in [-0.4, -0.2) is 82.3 Å². The maximum absolute atomic E-state index is 13.5. The number of carbonyl (C=O) groups excluding carboxylic acids is 1. The molecule has 3 aromatic rings. The molecular formula is C28H36N8O3. The van der Waals surface area contributed by atoms with Gasteiger partial charge in [0, 0.05) is 46.3 Å². The number of imidazole rings is 1. The SMILES string of the molecule is CC#CCn1c(N2CCNCC2)nc2nc(Oc3ccccc3C(=O)NCCN3CCCCC3)n(C)c(=O)c21. The lowest BCUT2D eigenvalue weighted by atomic mass is 10.1. The molecule has 0 aliphatic carbocycles. The molecule has 2 aliphatic rings. The lowest BCUT2D eigenvalue weighted by molar-refractivity contribution is 0.0944. The predicted octanol–water partition coefficient (Wildman–Crippen LogP) is 1.57. The Hall–Kier alpha value is -3.88. The molecule has 0 atom stereocenters. The molecule has 0 spiro atoms. The number of amides is 1. The summed E-state index contributed by atoms with van der Waals surface area (Å²) in [4.78, 5) is 40.5. The topological polar surface area (TPSA) is 110 Å². The Morgan fingerprint density at radius 2 is 1.87 bits per heavy atom. The average molecular weight is 533 g/mol. The summed E-state index contributed by atoms with van der Waals surface area (Å²) in [6, 6.07) is 7.06. The van der Waals surface area contributed by atoms with Crippen molar-refractivity contribution < 1.29 is 9.53 Å². The van der Waals surface area contributed by atoms with Crippen LogP contribution < -0.4 is 25.8 Å². The summed E-state index contributed by atoms with van der Waals surface area (Å²) in [5.41, 5.74) is 0.772. The summed E-state index contributed by atoms with van der Waals surface area (Å²) < 4.78 is 9.29. The molecule has 2 aliphatic heterocycles. The van der Waals surface area contributed by atoms with Gasteiger partial charge in [-0.3, -0.25) is 18.7 Å². The smallest absolute Gasteiger partial charge is 0.306 e. The van der Waals surface area contributed by atoms with Crippen molar-refractivity contribution in [3.05, 3.63) is 40.2 Å². The Morgan fingerprint density at radius 1 is 1.10 bits per heavy atom. The Balaban J connectivity index is 1.41. The van der Waals surface area contributed by atoms with Crippen LogP contribution in [0, 0.1) is 11.8 Å². The molecule has 39 heavy (non-hydrogen) atoms. The summed E-state index contributed by atoms with van der Waals surface area (Å²) in [6.45, 7) is 8.85. The van der Waals surface area contributed by atoms with Crippen LogP contribution in [0.2, 0.25) is 0 Å². The second-order valence-corrected chi connectivity index (χ2v) is 9.85. The number of likely N-dealkylation sites (tertiary alicyclic amines) is 1. The minimum Gasteiger partial charge on any atom is -0.425 e. The molecule has 2 N–H and O–H groups in total.